The van der Waals surface area contributed by atoms with Gasteiger partial charge < -0.3 is 10.5 Å². The van der Waals surface area contributed by atoms with E-state index in [-0.39, 0.29) is 17.9 Å². The Morgan fingerprint density at radius 2 is 2.14 bits per heavy atom. The number of carbonyl (C=O) groups is 1. The lowest BCUT2D eigenvalue weighted by Gasteiger charge is -2.14. The summed E-state index contributed by atoms with van der Waals surface area (Å²) < 4.78 is 6.43. The van der Waals surface area contributed by atoms with Crippen LogP contribution < -0.4 is 11.3 Å². The highest BCUT2D eigenvalue weighted by atomic mass is 16.5. The molecule has 0 atom stereocenters. The van der Waals surface area contributed by atoms with Crippen molar-refractivity contribution in [2.75, 3.05) is 12.3 Å². The number of fused-ring (bicyclic) bond motifs is 1. The van der Waals surface area contributed by atoms with Crippen LogP contribution in [0.25, 0.3) is 11.0 Å². The number of ether oxygens (including phenoxy) is 1. The van der Waals surface area contributed by atoms with Crippen LogP contribution in [0.4, 0.5) is 5.69 Å². The average molecular weight is 304 g/mol. The zero-order chi connectivity index (χ0) is 16.3. The molecule has 2 aromatic heterocycles. The van der Waals surface area contributed by atoms with E-state index in [4.69, 9.17) is 10.5 Å². The fraction of sp³-hybridized carbons (Fsp3) is 0.467. The fourth-order valence-electron chi connectivity index (χ4n) is 2.26. The SMILES string of the molecule is CCCCn1c(=O)c(C(=O)OCC)c(N)c2cnc(C)nc21. The summed E-state index contributed by atoms with van der Waals surface area (Å²) in [6, 6.07) is 0. The molecule has 0 aliphatic carbocycles. The first-order valence-electron chi connectivity index (χ1n) is 7.34. The topological polar surface area (TPSA) is 100 Å². The molecular formula is C15H20N4O3. The quantitative estimate of drug-likeness (QED) is 0.843. The molecule has 118 valence electrons. The number of rotatable bonds is 5. The maximum atomic E-state index is 12.7. The second-order valence-electron chi connectivity index (χ2n) is 4.97. The molecule has 0 aromatic carbocycles. The van der Waals surface area contributed by atoms with E-state index in [1.807, 2.05) is 6.92 Å². The molecule has 2 aromatic rings. The van der Waals surface area contributed by atoms with E-state index < -0.39 is 11.5 Å². The van der Waals surface area contributed by atoms with Crippen LogP contribution in [0.15, 0.2) is 11.0 Å². The third-order valence-corrected chi connectivity index (χ3v) is 3.38. The molecule has 2 heterocycles. The molecule has 0 saturated heterocycles. The third-order valence-electron chi connectivity index (χ3n) is 3.38. The van der Waals surface area contributed by atoms with Crippen LogP contribution in [0, 0.1) is 6.92 Å². The van der Waals surface area contributed by atoms with E-state index >= 15 is 0 Å². The van der Waals surface area contributed by atoms with E-state index in [0.29, 0.717) is 23.4 Å². The van der Waals surface area contributed by atoms with Gasteiger partial charge in [0.25, 0.3) is 5.56 Å². The summed E-state index contributed by atoms with van der Waals surface area (Å²) in [4.78, 5) is 33.1. The number of anilines is 1. The summed E-state index contributed by atoms with van der Waals surface area (Å²) in [6.45, 7) is 6.09. The standard InChI is InChI=1S/C15H20N4O3/c1-4-6-7-19-13-10(8-17-9(3)18-13)12(16)11(14(19)20)15(21)22-5-2/h8H,4-7,16H2,1-3H3. The van der Waals surface area contributed by atoms with Crippen LogP contribution >= 0.6 is 0 Å². The monoisotopic (exact) mass is 304 g/mol. The second kappa shape index (κ2) is 6.55. The molecule has 0 bridgehead atoms. The van der Waals surface area contributed by atoms with Crippen molar-refractivity contribution >= 4 is 22.7 Å². The molecular weight excluding hydrogens is 284 g/mol. The van der Waals surface area contributed by atoms with Gasteiger partial charge >= 0.3 is 5.97 Å². The minimum Gasteiger partial charge on any atom is -0.462 e. The van der Waals surface area contributed by atoms with Crippen LogP contribution in [-0.2, 0) is 11.3 Å². The minimum atomic E-state index is -0.710. The maximum Gasteiger partial charge on any atom is 0.345 e. The molecule has 0 aliphatic heterocycles. The van der Waals surface area contributed by atoms with Gasteiger partial charge in [-0.1, -0.05) is 13.3 Å². The Hall–Kier alpha value is -2.44. The number of esters is 1. The summed E-state index contributed by atoms with van der Waals surface area (Å²) >= 11 is 0. The summed E-state index contributed by atoms with van der Waals surface area (Å²) in [6.07, 6.45) is 3.25. The van der Waals surface area contributed by atoms with E-state index in [1.54, 1.807) is 13.8 Å². The molecule has 0 radical (unpaired) electrons. The molecule has 0 saturated carbocycles. The number of aryl methyl sites for hydroxylation is 2. The van der Waals surface area contributed by atoms with Crippen molar-refractivity contribution in [3.8, 4) is 0 Å². The van der Waals surface area contributed by atoms with Gasteiger partial charge in [0.15, 0.2) is 0 Å². The van der Waals surface area contributed by atoms with E-state index in [1.165, 1.54) is 10.8 Å². The zero-order valence-electron chi connectivity index (χ0n) is 13.0. The van der Waals surface area contributed by atoms with Gasteiger partial charge in [0.1, 0.15) is 17.0 Å². The first-order chi connectivity index (χ1) is 10.5. The number of nitrogen functional groups attached to an aromatic ring is 1. The lowest BCUT2D eigenvalue weighted by Crippen LogP contribution is -2.30. The third kappa shape index (κ3) is 2.79. The highest BCUT2D eigenvalue weighted by Crippen LogP contribution is 2.21. The predicted molar refractivity (Wildman–Crippen MR) is 83.8 cm³/mol. The van der Waals surface area contributed by atoms with Gasteiger partial charge in [0.2, 0.25) is 0 Å². The van der Waals surface area contributed by atoms with Crippen LogP contribution in [0.3, 0.4) is 0 Å². The highest BCUT2D eigenvalue weighted by Gasteiger charge is 2.22. The molecule has 0 spiro atoms. The van der Waals surface area contributed by atoms with Crippen LogP contribution in [0.2, 0.25) is 0 Å². The molecule has 0 fully saturated rings. The first-order valence-corrected chi connectivity index (χ1v) is 7.34. The van der Waals surface area contributed by atoms with Crippen molar-refractivity contribution in [2.24, 2.45) is 0 Å². The molecule has 2 rings (SSSR count). The van der Waals surface area contributed by atoms with Gasteiger partial charge in [0.05, 0.1) is 17.7 Å². The van der Waals surface area contributed by atoms with Crippen molar-refractivity contribution in [1.82, 2.24) is 14.5 Å². The number of hydrogen-bond donors (Lipinski definition) is 1. The number of hydrogen-bond acceptors (Lipinski definition) is 6. The van der Waals surface area contributed by atoms with Crippen LogP contribution in [0.1, 0.15) is 42.9 Å². The predicted octanol–water partition coefficient (Wildman–Crippen LogP) is 1.66. The van der Waals surface area contributed by atoms with Gasteiger partial charge in [-0.3, -0.25) is 9.36 Å². The second-order valence-corrected chi connectivity index (χ2v) is 4.97. The Kier molecular flexibility index (Phi) is 4.75. The zero-order valence-corrected chi connectivity index (χ0v) is 13.0. The summed E-state index contributed by atoms with van der Waals surface area (Å²) in [5.74, 6) is -0.168. The lowest BCUT2D eigenvalue weighted by molar-refractivity contribution is 0.0525. The molecule has 0 aliphatic rings. The smallest absolute Gasteiger partial charge is 0.345 e. The number of unbranched alkanes of at least 4 members (excludes halogenated alkanes) is 1. The van der Waals surface area contributed by atoms with Crippen molar-refractivity contribution < 1.29 is 9.53 Å². The number of aromatic nitrogens is 3. The van der Waals surface area contributed by atoms with E-state index in [9.17, 15) is 9.59 Å². The summed E-state index contributed by atoms with van der Waals surface area (Å²) in [5.41, 5.74) is 5.93. The number of pyridine rings is 1. The molecule has 0 amide bonds. The minimum absolute atomic E-state index is 0.0752. The normalized spacial score (nSPS) is 10.9. The Morgan fingerprint density at radius 3 is 2.77 bits per heavy atom. The number of nitrogens with zero attached hydrogens (tertiary/aromatic N) is 3. The Morgan fingerprint density at radius 1 is 1.41 bits per heavy atom. The highest BCUT2D eigenvalue weighted by molar-refractivity contribution is 6.03. The van der Waals surface area contributed by atoms with Gasteiger partial charge in [-0.05, 0) is 20.3 Å². The average Bonchev–Trinajstić information content (AvgIpc) is 2.47. The Labute approximate surface area is 128 Å². The van der Waals surface area contributed by atoms with Crippen molar-refractivity contribution in [3.63, 3.8) is 0 Å². The Balaban J connectivity index is 2.79. The number of carbonyl (C=O) groups excluding carboxylic acids is 1. The van der Waals surface area contributed by atoms with Gasteiger partial charge in [-0.25, -0.2) is 14.8 Å². The van der Waals surface area contributed by atoms with Gasteiger partial charge in [-0.15, -0.1) is 0 Å². The molecule has 2 N–H and O–H groups in total. The maximum absolute atomic E-state index is 12.7. The van der Waals surface area contributed by atoms with Crippen LogP contribution in [0.5, 0.6) is 0 Å². The van der Waals surface area contributed by atoms with Crippen molar-refractivity contribution in [3.05, 3.63) is 27.9 Å². The number of nitrogens with two attached hydrogens (primary N) is 1. The van der Waals surface area contributed by atoms with Gasteiger partial charge in [-0.2, -0.15) is 0 Å². The van der Waals surface area contributed by atoms with Crippen molar-refractivity contribution in [1.29, 1.82) is 0 Å². The van der Waals surface area contributed by atoms with Crippen LogP contribution in [-0.4, -0.2) is 27.1 Å². The lowest BCUT2D eigenvalue weighted by atomic mass is 10.1. The molecule has 0 unspecified atom stereocenters. The van der Waals surface area contributed by atoms with E-state index in [2.05, 4.69) is 9.97 Å². The molecule has 7 nitrogen and oxygen atoms in total. The first kappa shape index (κ1) is 15.9. The van der Waals surface area contributed by atoms with Gasteiger partial charge in [0, 0.05) is 12.7 Å². The Bertz CT molecular complexity index is 767. The molecule has 7 heteroatoms. The fourth-order valence-corrected chi connectivity index (χ4v) is 2.26. The largest absolute Gasteiger partial charge is 0.462 e. The molecule has 22 heavy (non-hydrogen) atoms. The van der Waals surface area contributed by atoms with E-state index in [0.717, 1.165) is 12.8 Å². The van der Waals surface area contributed by atoms with Crippen molar-refractivity contribution in [2.45, 2.75) is 40.2 Å². The summed E-state index contributed by atoms with van der Waals surface area (Å²) in [7, 11) is 0. The summed E-state index contributed by atoms with van der Waals surface area (Å²) in [5, 5.41) is 0.490.